The van der Waals surface area contributed by atoms with Crippen LogP contribution in [0.4, 0.5) is 0 Å². The van der Waals surface area contributed by atoms with Gasteiger partial charge in [-0.2, -0.15) is 8.42 Å². The third kappa shape index (κ3) is 3.96. The van der Waals surface area contributed by atoms with E-state index < -0.39 is 19.9 Å². The summed E-state index contributed by atoms with van der Waals surface area (Å²) in [5.74, 6) is 2.99. The molecule has 0 N–H and O–H groups in total. The van der Waals surface area contributed by atoms with E-state index in [1.54, 1.807) is 10.6 Å². The van der Waals surface area contributed by atoms with Crippen LogP contribution in [0.3, 0.4) is 0 Å². The number of rotatable bonds is 5. The maximum atomic E-state index is 12.7. The lowest BCUT2D eigenvalue weighted by atomic mass is 10.3. The SMILES string of the molecule is C#CCn1c(=NS(=O)(=O)c2ccc(OC)cc2)sc2cc(S(C)(=O)=O)ccc21. The first kappa shape index (κ1) is 20.1. The number of ether oxygens (including phenoxy) is 1. The van der Waals surface area contributed by atoms with Crippen molar-refractivity contribution in [3.8, 4) is 18.1 Å². The van der Waals surface area contributed by atoms with Gasteiger partial charge in [0.25, 0.3) is 10.0 Å². The molecule has 146 valence electrons. The van der Waals surface area contributed by atoms with Gasteiger partial charge in [0.15, 0.2) is 9.84 Å². The molecule has 0 unspecified atom stereocenters. The molecule has 10 heteroatoms. The molecule has 0 spiro atoms. The van der Waals surface area contributed by atoms with Gasteiger partial charge < -0.3 is 9.30 Å². The molecule has 7 nitrogen and oxygen atoms in total. The van der Waals surface area contributed by atoms with Crippen molar-refractivity contribution in [1.82, 2.24) is 4.57 Å². The van der Waals surface area contributed by atoms with Crippen LogP contribution in [0.2, 0.25) is 0 Å². The molecular weight excluding hydrogens is 420 g/mol. The van der Waals surface area contributed by atoms with Gasteiger partial charge in [-0.3, -0.25) is 0 Å². The Balaban J connectivity index is 2.22. The predicted octanol–water partition coefficient (Wildman–Crippen LogP) is 2.04. The Morgan fingerprint density at radius 3 is 2.32 bits per heavy atom. The first-order valence-corrected chi connectivity index (χ1v) is 12.0. The Labute approximate surface area is 166 Å². The van der Waals surface area contributed by atoms with E-state index in [2.05, 4.69) is 10.3 Å². The summed E-state index contributed by atoms with van der Waals surface area (Å²) in [6.07, 6.45) is 6.53. The fourth-order valence-corrected chi connectivity index (χ4v) is 5.49. The van der Waals surface area contributed by atoms with Crippen molar-refractivity contribution in [1.29, 1.82) is 0 Å². The number of sulfonamides is 1. The number of aromatic nitrogens is 1. The standard InChI is InChI=1S/C18H16N2O5S3/c1-4-11-20-16-10-9-15(27(3,21)22)12-17(16)26-18(20)19-28(23,24)14-7-5-13(25-2)6-8-14/h1,5-10,12H,11H2,2-3H3. The highest BCUT2D eigenvalue weighted by Crippen LogP contribution is 2.23. The molecule has 1 heterocycles. The zero-order valence-electron chi connectivity index (χ0n) is 15.0. The number of thiazole rings is 1. The quantitative estimate of drug-likeness (QED) is 0.571. The number of hydrogen-bond acceptors (Lipinski definition) is 6. The van der Waals surface area contributed by atoms with E-state index in [0.29, 0.717) is 16.0 Å². The van der Waals surface area contributed by atoms with Gasteiger partial charge in [-0.1, -0.05) is 17.3 Å². The first-order valence-electron chi connectivity index (χ1n) is 7.88. The van der Waals surface area contributed by atoms with E-state index in [4.69, 9.17) is 11.2 Å². The number of fused-ring (bicyclic) bond motifs is 1. The normalized spacial score (nSPS) is 12.8. The van der Waals surface area contributed by atoms with Crippen molar-refractivity contribution in [3.05, 3.63) is 47.3 Å². The van der Waals surface area contributed by atoms with Gasteiger partial charge in [-0.05, 0) is 42.5 Å². The van der Waals surface area contributed by atoms with Crippen LogP contribution in [-0.2, 0) is 26.4 Å². The van der Waals surface area contributed by atoms with Crippen molar-refractivity contribution >= 4 is 41.4 Å². The summed E-state index contributed by atoms with van der Waals surface area (Å²) in [6, 6.07) is 10.4. The minimum Gasteiger partial charge on any atom is -0.497 e. The molecule has 0 amide bonds. The maximum absolute atomic E-state index is 12.7. The summed E-state index contributed by atoms with van der Waals surface area (Å²) in [7, 11) is -5.91. The van der Waals surface area contributed by atoms with E-state index >= 15 is 0 Å². The number of benzene rings is 2. The number of hydrogen-bond donors (Lipinski definition) is 0. The number of nitrogens with zero attached hydrogens (tertiary/aromatic N) is 2. The summed E-state index contributed by atoms with van der Waals surface area (Å²) in [6.45, 7) is 0.0924. The van der Waals surface area contributed by atoms with Crippen LogP contribution >= 0.6 is 11.3 Å². The third-order valence-corrected chi connectivity index (χ3v) is 7.44. The van der Waals surface area contributed by atoms with Crippen LogP contribution in [0.1, 0.15) is 0 Å². The molecular formula is C18H16N2O5S3. The Morgan fingerprint density at radius 1 is 1.11 bits per heavy atom. The van der Waals surface area contributed by atoms with Gasteiger partial charge in [-0.15, -0.1) is 10.8 Å². The average Bonchev–Trinajstić information content (AvgIpc) is 2.97. The second-order valence-corrected chi connectivity index (χ2v) is 10.4. The second kappa shape index (κ2) is 7.43. The Morgan fingerprint density at radius 2 is 1.75 bits per heavy atom. The van der Waals surface area contributed by atoms with Crippen LogP contribution in [0.5, 0.6) is 5.75 Å². The predicted molar refractivity (Wildman–Crippen MR) is 108 cm³/mol. The Hall–Kier alpha value is -2.61. The van der Waals surface area contributed by atoms with Gasteiger partial charge >= 0.3 is 0 Å². The van der Waals surface area contributed by atoms with Gasteiger partial charge in [-0.25, -0.2) is 8.42 Å². The van der Waals surface area contributed by atoms with E-state index in [-0.39, 0.29) is 21.1 Å². The number of sulfone groups is 1. The largest absolute Gasteiger partial charge is 0.497 e. The average molecular weight is 437 g/mol. The molecule has 0 bridgehead atoms. The smallest absolute Gasteiger partial charge is 0.285 e. The van der Waals surface area contributed by atoms with Crippen molar-refractivity contribution in [2.75, 3.05) is 13.4 Å². The molecule has 28 heavy (non-hydrogen) atoms. The molecule has 0 aliphatic rings. The monoisotopic (exact) mass is 436 g/mol. The molecule has 0 fully saturated rings. The van der Waals surface area contributed by atoms with Crippen LogP contribution in [0, 0.1) is 12.3 Å². The second-order valence-electron chi connectivity index (χ2n) is 5.82. The minimum atomic E-state index is -3.99. The van der Waals surface area contributed by atoms with Crippen molar-refractivity contribution in [2.45, 2.75) is 16.3 Å². The molecule has 0 radical (unpaired) electrons. The third-order valence-electron chi connectivity index (χ3n) is 3.89. The highest BCUT2D eigenvalue weighted by Gasteiger charge is 2.16. The lowest BCUT2D eigenvalue weighted by molar-refractivity contribution is 0.414. The summed E-state index contributed by atoms with van der Waals surface area (Å²) >= 11 is 1.06. The molecule has 3 rings (SSSR count). The van der Waals surface area contributed by atoms with Crippen LogP contribution in [0.15, 0.2) is 56.7 Å². The molecule has 0 aliphatic heterocycles. The molecule has 3 aromatic rings. The zero-order valence-corrected chi connectivity index (χ0v) is 17.4. The van der Waals surface area contributed by atoms with Crippen molar-refractivity contribution in [3.63, 3.8) is 0 Å². The van der Waals surface area contributed by atoms with Gasteiger partial charge in [0.1, 0.15) is 5.75 Å². The summed E-state index contributed by atoms with van der Waals surface area (Å²) < 4.78 is 60.1. The summed E-state index contributed by atoms with van der Waals surface area (Å²) in [4.78, 5) is 0.308. The highest BCUT2D eigenvalue weighted by molar-refractivity contribution is 7.90. The molecule has 1 aromatic heterocycles. The van der Waals surface area contributed by atoms with E-state index in [1.807, 2.05) is 0 Å². The van der Waals surface area contributed by atoms with Gasteiger partial charge in [0.05, 0.1) is 33.7 Å². The van der Waals surface area contributed by atoms with Crippen LogP contribution < -0.4 is 9.54 Å². The highest BCUT2D eigenvalue weighted by atomic mass is 32.2. The maximum Gasteiger partial charge on any atom is 0.285 e. The number of terminal acetylenes is 1. The Kier molecular flexibility index (Phi) is 5.34. The number of methoxy groups -OCH3 is 1. The molecule has 0 atom stereocenters. The van der Waals surface area contributed by atoms with Crippen molar-refractivity contribution < 1.29 is 21.6 Å². The fourth-order valence-electron chi connectivity index (χ4n) is 2.50. The lowest BCUT2D eigenvalue weighted by Gasteiger charge is -2.03. The van der Waals surface area contributed by atoms with Crippen molar-refractivity contribution in [2.24, 2.45) is 4.40 Å². The van der Waals surface area contributed by atoms with E-state index in [9.17, 15) is 16.8 Å². The molecule has 0 saturated carbocycles. The van der Waals surface area contributed by atoms with Crippen LogP contribution in [0.25, 0.3) is 10.2 Å². The van der Waals surface area contributed by atoms with Gasteiger partial charge in [0.2, 0.25) is 4.80 Å². The van der Waals surface area contributed by atoms with E-state index in [0.717, 1.165) is 17.6 Å². The molecule has 0 aliphatic carbocycles. The molecule has 0 saturated heterocycles. The zero-order chi connectivity index (χ0) is 20.5. The van der Waals surface area contributed by atoms with Crippen LogP contribution in [-0.4, -0.2) is 34.8 Å². The van der Waals surface area contributed by atoms with E-state index in [1.165, 1.54) is 43.5 Å². The topological polar surface area (TPSA) is 94.8 Å². The summed E-state index contributed by atoms with van der Waals surface area (Å²) in [5.41, 5.74) is 0.610. The van der Waals surface area contributed by atoms with Gasteiger partial charge in [0, 0.05) is 6.26 Å². The fraction of sp³-hybridized carbons (Fsp3) is 0.167. The first-order chi connectivity index (χ1) is 13.2. The Bertz CT molecular complexity index is 1360. The summed E-state index contributed by atoms with van der Waals surface area (Å²) in [5, 5.41) is 0. The lowest BCUT2D eigenvalue weighted by Crippen LogP contribution is -2.16. The minimum absolute atomic E-state index is 0.00911. The molecule has 2 aromatic carbocycles.